The summed E-state index contributed by atoms with van der Waals surface area (Å²) in [5.41, 5.74) is 9.81. The Kier molecular flexibility index (Phi) is 7.62. The van der Waals surface area contributed by atoms with E-state index in [4.69, 9.17) is 0 Å². The zero-order chi connectivity index (χ0) is 30.2. The van der Waals surface area contributed by atoms with Gasteiger partial charge < -0.3 is 9.47 Å². The molecule has 2 aliphatic heterocycles. The number of fused-ring (bicyclic) bond motifs is 4. The van der Waals surface area contributed by atoms with Gasteiger partial charge in [-0.3, -0.25) is 9.80 Å². The van der Waals surface area contributed by atoms with E-state index < -0.39 is 0 Å². The molecule has 0 amide bonds. The van der Waals surface area contributed by atoms with Crippen LogP contribution in [0.5, 0.6) is 0 Å². The van der Waals surface area contributed by atoms with Crippen molar-refractivity contribution < 1.29 is 0 Å². The maximum Gasteiger partial charge on any atom is 0.0488 e. The Balaban J connectivity index is 1.17. The molecular weight excluding hydrogens is 548 g/mol. The van der Waals surface area contributed by atoms with E-state index in [1.54, 1.807) is 0 Å². The van der Waals surface area contributed by atoms with Gasteiger partial charge in [-0.15, -0.1) is 0 Å². The molecule has 0 N–H and O–H groups in total. The first-order valence-electron chi connectivity index (χ1n) is 16.6. The summed E-state index contributed by atoms with van der Waals surface area (Å²) in [6.07, 6.45) is 1.05. The molecule has 3 heterocycles. The number of aryl methyl sites for hydroxylation is 1. The number of rotatable bonds is 7. The molecule has 0 bridgehead atoms. The molecule has 0 aliphatic carbocycles. The highest BCUT2D eigenvalue weighted by molar-refractivity contribution is 6.08. The molecule has 4 heteroatoms. The normalized spacial score (nSPS) is 19.3. The molecule has 5 aromatic carbocycles. The number of aromatic nitrogens is 1. The van der Waals surface area contributed by atoms with Crippen LogP contribution < -0.4 is 4.90 Å². The smallest absolute Gasteiger partial charge is 0.0488 e. The Morgan fingerprint density at radius 1 is 0.644 bits per heavy atom. The fourth-order valence-corrected chi connectivity index (χ4v) is 8.03. The SMILES string of the molecule is Cn1c2ccccc2c2cc([C@@H]3[C@@H](CN4CCN(c5ccccc5)CC4)c4ccccc4CN3CCc3ccccc3)ccc21. The second kappa shape index (κ2) is 12.2. The van der Waals surface area contributed by atoms with Gasteiger partial charge in [-0.25, -0.2) is 0 Å². The highest BCUT2D eigenvalue weighted by atomic mass is 15.3. The first kappa shape index (κ1) is 28.1. The van der Waals surface area contributed by atoms with E-state index in [9.17, 15) is 0 Å². The van der Waals surface area contributed by atoms with Gasteiger partial charge >= 0.3 is 0 Å². The number of hydrogen-bond acceptors (Lipinski definition) is 3. The largest absolute Gasteiger partial charge is 0.369 e. The van der Waals surface area contributed by atoms with Crippen molar-refractivity contribution >= 4 is 27.5 Å². The van der Waals surface area contributed by atoms with Crippen molar-refractivity contribution in [1.29, 1.82) is 0 Å². The van der Waals surface area contributed by atoms with Crippen molar-refractivity contribution in [1.82, 2.24) is 14.4 Å². The zero-order valence-corrected chi connectivity index (χ0v) is 26.2. The van der Waals surface area contributed by atoms with Crippen molar-refractivity contribution in [3.8, 4) is 0 Å². The molecule has 8 rings (SSSR count). The summed E-state index contributed by atoms with van der Waals surface area (Å²) in [5.74, 6) is 0.390. The first-order chi connectivity index (χ1) is 22.2. The quantitative estimate of drug-likeness (QED) is 0.187. The van der Waals surface area contributed by atoms with Gasteiger partial charge in [-0.05, 0) is 59.0 Å². The average Bonchev–Trinajstić information content (AvgIpc) is 3.39. The lowest BCUT2D eigenvalue weighted by Crippen LogP contribution is -2.49. The third-order valence-electron chi connectivity index (χ3n) is 10.4. The average molecular weight is 591 g/mol. The van der Waals surface area contributed by atoms with Gasteiger partial charge in [0.2, 0.25) is 0 Å². The molecule has 2 aliphatic rings. The summed E-state index contributed by atoms with van der Waals surface area (Å²) >= 11 is 0. The lowest BCUT2D eigenvalue weighted by atomic mass is 9.79. The van der Waals surface area contributed by atoms with Crippen LogP contribution in [0.2, 0.25) is 0 Å². The Morgan fingerprint density at radius 3 is 2.16 bits per heavy atom. The summed E-state index contributed by atoms with van der Waals surface area (Å²) in [5, 5.41) is 2.71. The topological polar surface area (TPSA) is 14.7 Å². The Bertz CT molecular complexity index is 1900. The van der Waals surface area contributed by atoms with Crippen molar-refractivity contribution in [2.45, 2.75) is 24.9 Å². The molecule has 6 aromatic rings. The molecule has 0 unspecified atom stereocenters. The second-order valence-corrected chi connectivity index (χ2v) is 12.9. The number of anilines is 1. The van der Waals surface area contributed by atoms with Crippen molar-refractivity contribution in [3.63, 3.8) is 0 Å². The van der Waals surface area contributed by atoms with Crippen molar-refractivity contribution in [2.24, 2.45) is 7.05 Å². The third-order valence-corrected chi connectivity index (χ3v) is 10.4. The summed E-state index contributed by atoms with van der Waals surface area (Å²) in [6, 6.07) is 47.7. The summed E-state index contributed by atoms with van der Waals surface area (Å²) < 4.78 is 2.35. The van der Waals surface area contributed by atoms with Crippen LogP contribution >= 0.6 is 0 Å². The van der Waals surface area contributed by atoms with Crippen molar-refractivity contribution in [2.75, 3.05) is 44.2 Å². The van der Waals surface area contributed by atoms with Gasteiger partial charge in [-0.1, -0.05) is 97.1 Å². The van der Waals surface area contributed by atoms with Crippen LogP contribution in [0.25, 0.3) is 21.8 Å². The maximum atomic E-state index is 2.78. The zero-order valence-electron chi connectivity index (χ0n) is 26.2. The van der Waals surface area contributed by atoms with E-state index in [0.29, 0.717) is 12.0 Å². The van der Waals surface area contributed by atoms with Crippen LogP contribution in [0.4, 0.5) is 5.69 Å². The van der Waals surface area contributed by atoms with Crippen LogP contribution in [0, 0.1) is 0 Å². The predicted molar refractivity (Wildman–Crippen MR) is 188 cm³/mol. The van der Waals surface area contributed by atoms with Crippen LogP contribution in [-0.2, 0) is 20.0 Å². The van der Waals surface area contributed by atoms with Gasteiger partial charge in [0.15, 0.2) is 0 Å². The monoisotopic (exact) mass is 590 g/mol. The molecule has 0 saturated carbocycles. The number of nitrogens with zero attached hydrogens (tertiary/aromatic N) is 4. The molecule has 226 valence electrons. The standard InChI is InChI=1S/C41H42N4/c1-42-39-19-11-10-18-36(39)37-28-32(20-21-40(37)42)41-38(30-43-24-26-44(27-25-43)34-15-6-3-7-16-34)35-17-9-8-14-33(35)29-45(41)23-22-31-12-4-2-5-13-31/h2-21,28,38,41H,22-27,29-30H2,1H3/t38-,41+/m0/s1. The minimum atomic E-state index is 0.305. The van der Waals surface area contributed by atoms with Crippen LogP contribution in [0.3, 0.4) is 0 Å². The predicted octanol–water partition coefficient (Wildman–Crippen LogP) is 8.04. The van der Waals surface area contributed by atoms with Gasteiger partial charge in [0.1, 0.15) is 0 Å². The number of benzene rings is 5. The van der Waals surface area contributed by atoms with E-state index in [1.807, 2.05) is 0 Å². The van der Waals surface area contributed by atoms with Gasteiger partial charge in [0.05, 0.1) is 0 Å². The van der Waals surface area contributed by atoms with Gasteiger partial charge in [0, 0.05) is 92.3 Å². The van der Waals surface area contributed by atoms with E-state index in [0.717, 1.165) is 52.2 Å². The number of para-hydroxylation sites is 2. The van der Waals surface area contributed by atoms with E-state index in [2.05, 4.69) is 154 Å². The van der Waals surface area contributed by atoms with Crippen molar-refractivity contribution in [3.05, 3.63) is 150 Å². The van der Waals surface area contributed by atoms with Crippen LogP contribution in [0.15, 0.2) is 127 Å². The Hall–Kier alpha value is -4.38. The fourth-order valence-electron chi connectivity index (χ4n) is 8.03. The number of piperazine rings is 1. The van der Waals surface area contributed by atoms with Crippen LogP contribution in [0.1, 0.15) is 34.2 Å². The highest BCUT2D eigenvalue weighted by Gasteiger charge is 2.37. The van der Waals surface area contributed by atoms with Gasteiger partial charge in [0.25, 0.3) is 0 Å². The molecular formula is C41H42N4. The van der Waals surface area contributed by atoms with Crippen LogP contribution in [-0.4, -0.2) is 53.6 Å². The highest BCUT2D eigenvalue weighted by Crippen LogP contribution is 2.44. The second-order valence-electron chi connectivity index (χ2n) is 12.9. The molecule has 4 nitrogen and oxygen atoms in total. The lowest BCUT2D eigenvalue weighted by Gasteiger charge is -2.46. The van der Waals surface area contributed by atoms with E-state index >= 15 is 0 Å². The maximum absolute atomic E-state index is 2.78. The minimum Gasteiger partial charge on any atom is -0.369 e. The molecule has 1 aromatic heterocycles. The summed E-state index contributed by atoms with van der Waals surface area (Å²) in [7, 11) is 2.20. The Morgan fingerprint density at radius 2 is 1.33 bits per heavy atom. The minimum absolute atomic E-state index is 0.305. The molecule has 0 radical (unpaired) electrons. The molecule has 1 fully saturated rings. The van der Waals surface area contributed by atoms with E-state index in [-0.39, 0.29) is 0 Å². The first-order valence-corrected chi connectivity index (χ1v) is 16.6. The Labute approximate surface area is 267 Å². The molecule has 0 spiro atoms. The molecule has 2 atom stereocenters. The fraction of sp³-hybridized carbons (Fsp3) is 0.268. The summed E-state index contributed by atoms with van der Waals surface area (Å²) in [4.78, 5) is 8.06. The summed E-state index contributed by atoms with van der Waals surface area (Å²) in [6.45, 7) is 7.42. The van der Waals surface area contributed by atoms with E-state index in [1.165, 1.54) is 49.7 Å². The third kappa shape index (κ3) is 5.43. The molecule has 1 saturated heterocycles. The number of hydrogen-bond donors (Lipinski definition) is 0. The lowest BCUT2D eigenvalue weighted by molar-refractivity contribution is 0.118. The molecule has 45 heavy (non-hydrogen) atoms. The van der Waals surface area contributed by atoms with Gasteiger partial charge in [-0.2, -0.15) is 0 Å².